The van der Waals surface area contributed by atoms with E-state index in [-0.39, 0.29) is 0 Å². The van der Waals surface area contributed by atoms with Crippen molar-refractivity contribution in [1.82, 2.24) is 14.5 Å². The van der Waals surface area contributed by atoms with E-state index >= 15 is 0 Å². The molecule has 0 saturated carbocycles. The molecule has 0 atom stereocenters. The minimum atomic E-state index is -0.462. The molecule has 0 bridgehead atoms. The molecule has 0 saturated heterocycles. The summed E-state index contributed by atoms with van der Waals surface area (Å²) in [7, 11) is 0. The van der Waals surface area contributed by atoms with E-state index in [9.17, 15) is 0 Å². The summed E-state index contributed by atoms with van der Waals surface area (Å²) in [5.74, 6) is 0.688. The van der Waals surface area contributed by atoms with E-state index in [0.29, 0.717) is 5.82 Å². The standard InChI is InChI=1S/C63H37N3O/c1-3-16-38(17-4-1)40-20-15-21-41(36-40)60-46-31-30-42(37-53(46)64-62(65-60)39-18-5-2-6-19-39)66-54-34-33-52-57(58(54)48-32-35-56-59(61(48)66)47-25-10-14-29-55(47)67-56)45-24-9-13-28-51(45)63(52)49-26-11-7-22-43(49)44-23-8-12-27-50(44)63/h1-37H. The van der Waals surface area contributed by atoms with Gasteiger partial charge in [0.1, 0.15) is 11.2 Å². The number of hydrogen-bond acceptors (Lipinski definition) is 3. The van der Waals surface area contributed by atoms with E-state index in [1.165, 1.54) is 60.8 Å². The largest absolute Gasteiger partial charge is 0.456 e. The van der Waals surface area contributed by atoms with Crippen molar-refractivity contribution in [3.05, 3.63) is 247 Å². The first-order valence-corrected chi connectivity index (χ1v) is 23.0. The molecule has 0 fully saturated rings. The van der Waals surface area contributed by atoms with Crippen molar-refractivity contribution in [3.63, 3.8) is 0 Å². The summed E-state index contributed by atoms with van der Waals surface area (Å²) in [4.78, 5) is 10.7. The van der Waals surface area contributed by atoms with Gasteiger partial charge in [-0.1, -0.05) is 176 Å². The second-order valence-corrected chi connectivity index (χ2v) is 17.9. The second-order valence-electron chi connectivity index (χ2n) is 17.9. The van der Waals surface area contributed by atoms with Crippen molar-refractivity contribution in [1.29, 1.82) is 0 Å². The Morgan fingerprint density at radius 1 is 0.388 bits per heavy atom. The molecule has 0 N–H and O–H groups in total. The van der Waals surface area contributed by atoms with Gasteiger partial charge in [-0.3, -0.25) is 0 Å². The average molecular weight is 852 g/mol. The van der Waals surface area contributed by atoms with Gasteiger partial charge in [0, 0.05) is 38.4 Å². The maximum absolute atomic E-state index is 6.66. The third kappa shape index (κ3) is 4.91. The highest BCUT2D eigenvalue weighted by Crippen LogP contribution is 2.64. The maximum atomic E-state index is 6.66. The monoisotopic (exact) mass is 851 g/mol. The van der Waals surface area contributed by atoms with E-state index in [4.69, 9.17) is 14.4 Å². The van der Waals surface area contributed by atoms with E-state index in [1.807, 2.05) is 6.07 Å². The van der Waals surface area contributed by atoms with Crippen LogP contribution in [0.15, 0.2) is 229 Å². The lowest BCUT2D eigenvalue weighted by atomic mass is 9.70. The van der Waals surface area contributed by atoms with E-state index < -0.39 is 5.41 Å². The Morgan fingerprint density at radius 3 is 1.79 bits per heavy atom. The van der Waals surface area contributed by atoms with Gasteiger partial charge in [0.15, 0.2) is 5.82 Å². The zero-order valence-corrected chi connectivity index (χ0v) is 36.1. The Balaban J connectivity index is 1.05. The topological polar surface area (TPSA) is 43.9 Å². The fraction of sp³-hybridized carbons (Fsp3) is 0.0159. The highest BCUT2D eigenvalue weighted by molar-refractivity contribution is 6.28. The van der Waals surface area contributed by atoms with Crippen LogP contribution in [0.4, 0.5) is 0 Å². The first kappa shape index (κ1) is 36.5. The van der Waals surface area contributed by atoms with E-state index in [2.05, 4.69) is 223 Å². The molecular weight excluding hydrogens is 815 g/mol. The smallest absolute Gasteiger partial charge is 0.160 e. The Bertz CT molecular complexity index is 4170. The molecule has 2 aliphatic rings. The molecule has 10 aromatic carbocycles. The Labute approximate surface area is 385 Å². The van der Waals surface area contributed by atoms with E-state index in [0.717, 1.165) is 71.9 Å². The van der Waals surface area contributed by atoms with Crippen LogP contribution in [0, 0.1) is 0 Å². The molecule has 2 aliphatic carbocycles. The third-order valence-electron chi connectivity index (χ3n) is 14.6. The zero-order valence-electron chi connectivity index (χ0n) is 36.1. The first-order chi connectivity index (χ1) is 33.2. The van der Waals surface area contributed by atoms with Crippen molar-refractivity contribution in [2.45, 2.75) is 5.41 Å². The summed E-state index contributed by atoms with van der Waals surface area (Å²) in [6, 6.07) is 81.2. The fourth-order valence-corrected chi connectivity index (χ4v) is 11.9. The minimum Gasteiger partial charge on any atom is -0.456 e. The number of nitrogens with zero attached hydrogens (tertiary/aromatic N) is 3. The normalized spacial score (nSPS) is 13.2. The van der Waals surface area contributed by atoms with Crippen molar-refractivity contribution in [2.24, 2.45) is 0 Å². The molecule has 13 aromatic rings. The summed E-state index contributed by atoms with van der Waals surface area (Å²) >= 11 is 0. The number of fused-ring (bicyclic) bond motifs is 19. The van der Waals surface area contributed by atoms with Crippen molar-refractivity contribution in [3.8, 4) is 61.7 Å². The molecule has 0 aliphatic heterocycles. The van der Waals surface area contributed by atoms with Gasteiger partial charge in [-0.15, -0.1) is 0 Å². The number of hydrogen-bond donors (Lipinski definition) is 0. The van der Waals surface area contributed by atoms with Crippen LogP contribution in [0.3, 0.4) is 0 Å². The van der Waals surface area contributed by atoms with E-state index in [1.54, 1.807) is 0 Å². The molecule has 0 amide bonds. The van der Waals surface area contributed by atoms with Gasteiger partial charge in [0.05, 0.1) is 33.0 Å². The molecule has 4 heteroatoms. The van der Waals surface area contributed by atoms with Gasteiger partial charge in [-0.25, -0.2) is 9.97 Å². The molecule has 67 heavy (non-hydrogen) atoms. The van der Waals surface area contributed by atoms with Gasteiger partial charge in [-0.2, -0.15) is 0 Å². The average Bonchev–Trinajstić information content (AvgIpc) is 4.12. The zero-order chi connectivity index (χ0) is 43.8. The fourth-order valence-electron chi connectivity index (χ4n) is 11.9. The highest BCUT2D eigenvalue weighted by atomic mass is 16.3. The Morgan fingerprint density at radius 2 is 1.01 bits per heavy atom. The van der Waals surface area contributed by atoms with Gasteiger partial charge in [-0.05, 0) is 104 Å². The minimum absolute atomic E-state index is 0.462. The highest BCUT2D eigenvalue weighted by Gasteiger charge is 2.52. The van der Waals surface area contributed by atoms with Gasteiger partial charge in [0.2, 0.25) is 0 Å². The lowest BCUT2D eigenvalue weighted by Gasteiger charge is -2.30. The summed E-state index contributed by atoms with van der Waals surface area (Å²) in [6.07, 6.45) is 0. The quantitative estimate of drug-likeness (QED) is 0.177. The van der Waals surface area contributed by atoms with Gasteiger partial charge in [0.25, 0.3) is 0 Å². The van der Waals surface area contributed by atoms with Crippen molar-refractivity contribution < 1.29 is 4.42 Å². The third-order valence-corrected chi connectivity index (χ3v) is 14.6. The number of para-hydroxylation sites is 1. The molecule has 1 spiro atoms. The summed E-state index contributed by atoms with van der Waals surface area (Å²) in [6.45, 7) is 0. The van der Waals surface area contributed by atoms with Gasteiger partial charge >= 0.3 is 0 Å². The predicted octanol–water partition coefficient (Wildman–Crippen LogP) is 16.0. The van der Waals surface area contributed by atoms with Crippen LogP contribution in [0.1, 0.15) is 22.3 Å². The number of rotatable bonds is 4. The maximum Gasteiger partial charge on any atom is 0.160 e. The molecule has 3 heterocycles. The van der Waals surface area contributed by atoms with Crippen molar-refractivity contribution >= 4 is 54.6 Å². The summed E-state index contributed by atoms with van der Waals surface area (Å²) in [5, 5.41) is 5.60. The van der Waals surface area contributed by atoms with Crippen LogP contribution >= 0.6 is 0 Å². The molecule has 0 radical (unpaired) electrons. The lowest BCUT2D eigenvalue weighted by Crippen LogP contribution is -2.25. The lowest BCUT2D eigenvalue weighted by molar-refractivity contribution is 0.669. The second kappa shape index (κ2) is 13.6. The first-order valence-electron chi connectivity index (χ1n) is 23.0. The van der Waals surface area contributed by atoms with Crippen LogP contribution in [0.5, 0.6) is 0 Å². The molecular formula is C63H37N3O. The Hall–Kier alpha value is -8.86. The van der Waals surface area contributed by atoms with Crippen LogP contribution in [-0.4, -0.2) is 14.5 Å². The number of aromatic nitrogens is 3. The summed E-state index contributed by atoms with van der Waals surface area (Å²) in [5.41, 5.74) is 21.1. The SMILES string of the molecule is c1ccc(-c2cccc(-c3nc(-c4ccccc4)nc4cc(-n5c6ccc7c(c6c6ccc8oc9ccccc9c8c65)-c5ccccc5C75c6ccccc6-c6ccccc65)ccc34)c2)cc1. The molecule has 15 rings (SSSR count). The molecule has 310 valence electrons. The van der Waals surface area contributed by atoms with Crippen LogP contribution in [0.25, 0.3) is 116 Å². The van der Waals surface area contributed by atoms with Gasteiger partial charge < -0.3 is 8.98 Å². The summed E-state index contributed by atoms with van der Waals surface area (Å²) < 4.78 is 9.13. The molecule has 0 unspecified atom stereocenters. The number of benzene rings is 10. The molecule has 3 aromatic heterocycles. The predicted molar refractivity (Wildman–Crippen MR) is 274 cm³/mol. The van der Waals surface area contributed by atoms with Crippen LogP contribution in [0.2, 0.25) is 0 Å². The van der Waals surface area contributed by atoms with Crippen LogP contribution in [-0.2, 0) is 5.41 Å². The molecule has 4 nitrogen and oxygen atoms in total. The Kier molecular flexibility index (Phi) is 7.40. The number of furan rings is 1. The van der Waals surface area contributed by atoms with Crippen molar-refractivity contribution in [2.75, 3.05) is 0 Å². The van der Waals surface area contributed by atoms with Crippen LogP contribution < -0.4 is 0 Å².